The van der Waals surface area contributed by atoms with Gasteiger partial charge in [-0.1, -0.05) is 18.0 Å². The lowest BCUT2D eigenvalue weighted by Crippen LogP contribution is -2.40. The van der Waals surface area contributed by atoms with Gasteiger partial charge in [-0.15, -0.1) is 0 Å². The van der Waals surface area contributed by atoms with Crippen LogP contribution in [0.15, 0.2) is 18.3 Å². The highest BCUT2D eigenvalue weighted by Gasteiger charge is 2.25. The standard InChI is InChI=1S/C12H15ClN2O/c1-8(9-3-2-4-9)15-12(16)10-5-6-11(13)14-7-10/h5-9H,2-4H2,1H3,(H,15,16). The molecule has 1 fully saturated rings. The molecule has 16 heavy (non-hydrogen) atoms. The van der Waals surface area contributed by atoms with Crippen LogP contribution >= 0.6 is 11.6 Å². The molecule has 1 N–H and O–H groups in total. The fourth-order valence-corrected chi connectivity index (χ4v) is 1.97. The molecule has 0 aromatic carbocycles. The van der Waals surface area contributed by atoms with Crippen molar-refractivity contribution in [3.05, 3.63) is 29.0 Å². The molecule has 2 rings (SSSR count). The molecule has 1 aliphatic rings. The normalized spacial score (nSPS) is 17.6. The Kier molecular flexibility index (Phi) is 3.44. The maximum absolute atomic E-state index is 11.8. The summed E-state index contributed by atoms with van der Waals surface area (Å²) >= 11 is 5.66. The molecule has 1 unspecified atom stereocenters. The van der Waals surface area contributed by atoms with Crippen molar-refractivity contribution in [1.29, 1.82) is 0 Å². The molecule has 1 atom stereocenters. The number of halogens is 1. The van der Waals surface area contributed by atoms with Crippen LogP contribution in [0.5, 0.6) is 0 Å². The van der Waals surface area contributed by atoms with Crippen molar-refractivity contribution in [3.63, 3.8) is 0 Å². The van der Waals surface area contributed by atoms with Gasteiger partial charge in [-0.05, 0) is 37.8 Å². The second-order valence-electron chi connectivity index (χ2n) is 4.32. The minimum absolute atomic E-state index is 0.0661. The summed E-state index contributed by atoms with van der Waals surface area (Å²) in [5, 5.41) is 3.40. The number of rotatable bonds is 3. The fraction of sp³-hybridized carbons (Fsp3) is 0.500. The minimum atomic E-state index is -0.0661. The number of aromatic nitrogens is 1. The molecule has 1 aromatic rings. The average Bonchev–Trinajstić information content (AvgIpc) is 2.15. The molecule has 1 heterocycles. The van der Waals surface area contributed by atoms with Gasteiger partial charge in [0.15, 0.2) is 0 Å². The zero-order valence-electron chi connectivity index (χ0n) is 9.24. The SMILES string of the molecule is CC(NC(=O)c1ccc(Cl)nc1)C1CCC1. The van der Waals surface area contributed by atoms with Crippen LogP contribution in [-0.4, -0.2) is 16.9 Å². The van der Waals surface area contributed by atoms with Crippen molar-refractivity contribution < 1.29 is 4.79 Å². The van der Waals surface area contributed by atoms with Gasteiger partial charge in [0, 0.05) is 12.2 Å². The van der Waals surface area contributed by atoms with E-state index in [4.69, 9.17) is 11.6 Å². The number of carbonyl (C=O) groups is 1. The van der Waals surface area contributed by atoms with E-state index < -0.39 is 0 Å². The van der Waals surface area contributed by atoms with Gasteiger partial charge in [0.05, 0.1) is 5.56 Å². The predicted molar refractivity (Wildman–Crippen MR) is 63.5 cm³/mol. The van der Waals surface area contributed by atoms with Gasteiger partial charge in [-0.3, -0.25) is 4.79 Å². The lowest BCUT2D eigenvalue weighted by atomic mass is 9.80. The third-order valence-electron chi connectivity index (χ3n) is 3.21. The second kappa shape index (κ2) is 4.83. The second-order valence-corrected chi connectivity index (χ2v) is 4.71. The van der Waals surface area contributed by atoms with Crippen LogP contribution in [0.3, 0.4) is 0 Å². The van der Waals surface area contributed by atoms with Crippen LogP contribution < -0.4 is 5.32 Å². The van der Waals surface area contributed by atoms with Crippen molar-refractivity contribution in [2.24, 2.45) is 5.92 Å². The molecular formula is C12H15ClN2O. The lowest BCUT2D eigenvalue weighted by molar-refractivity contribution is 0.0909. The number of hydrogen-bond donors (Lipinski definition) is 1. The maximum atomic E-state index is 11.8. The van der Waals surface area contributed by atoms with Gasteiger partial charge in [-0.2, -0.15) is 0 Å². The molecule has 4 heteroatoms. The van der Waals surface area contributed by atoms with E-state index >= 15 is 0 Å². The van der Waals surface area contributed by atoms with Gasteiger partial charge in [0.1, 0.15) is 5.15 Å². The number of nitrogens with zero attached hydrogens (tertiary/aromatic N) is 1. The summed E-state index contributed by atoms with van der Waals surface area (Å²) in [7, 11) is 0. The van der Waals surface area contributed by atoms with E-state index in [2.05, 4.69) is 17.2 Å². The van der Waals surface area contributed by atoms with Crippen LogP contribution in [0, 0.1) is 5.92 Å². The molecule has 1 aliphatic carbocycles. The first-order chi connectivity index (χ1) is 7.66. The summed E-state index contributed by atoms with van der Waals surface area (Å²) in [5.41, 5.74) is 0.565. The number of amides is 1. The minimum Gasteiger partial charge on any atom is -0.349 e. The third-order valence-corrected chi connectivity index (χ3v) is 3.43. The zero-order chi connectivity index (χ0) is 11.5. The zero-order valence-corrected chi connectivity index (χ0v) is 10.00. The summed E-state index contributed by atoms with van der Waals surface area (Å²) in [4.78, 5) is 15.7. The van der Waals surface area contributed by atoms with Gasteiger partial charge in [0.25, 0.3) is 5.91 Å². The Morgan fingerprint density at radius 1 is 1.56 bits per heavy atom. The highest BCUT2D eigenvalue weighted by atomic mass is 35.5. The van der Waals surface area contributed by atoms with Crippen LogP contribution in [0.2, 0.25) is 5.15 Å². The summed E-state index contributed by atoms with van der Waals surface area (Å²) in [5.74, 6) is 0.577. The van der Waals surface area contributed by atoms with Crippen molar-refractivity contribution >= 4 is 17.5 Å². The van der Waals surface area contributed by atoms with Crippen molar-refractivity contribution in [2.75, 3.05) is 0 Å². The lowest BCUT2D eigenvalue weighted by Gasteiger charge is -2.31. The molecule has 0 saturated heterocycles. The van der Waals surface area contributed by atoms with E-state index in [0.717, 1.165) is 0 Å². The molecule has 86 valence electrons. The molecule has 1 aromatic heterocycles. The third kappa shape index (κ3) is 2.53. The van der Waals surface area contributed by atoms with Crippen molar-refractivity contribution in [2.45, 2.75) is 32.2 Å². The number of nitrogens with one attached hydrogen (secondary N) is 1. The first kappa shape index (κ1) is 11.4. The monoisotopic (exact) mass is 238 g/mol. The smallest absolute Gasteiger partial charge is 0.253 e. The first-order valence-electron chi connectivity index (χ1n) is 5.59. The van der Waals surface area contributed by atoms with Crippen LogP contribution in [0.25, 0.3) is 0 Å². The summed E-state index contributed by atoms with van der Waals surface area (Å²) < 4.78 is 0. The van der Waals surface area contributed by atoms with E-state index in [-0.39, 0.29) is 11.9 Å². The Morgan fingerprint density at radius 3 is 2.81 bits per heavy atom. The quantitative estimate of drug-likeness (QED) is 0.823. The molecule has 0 bridgehead atoms. The van der Waals surface area contributed by atoms with Crippen LogP contribution in [0.4, 0.5) is 0 Å². The molecule has 1 saturated carbocycles. The predicted octanol–water partition coefficient (Wildman–Crippen LogP) is 2.65. The first-order valence-corrected chi connectivity index (χ1v) is 5.97. The maximum Gasteiger partial charge on any atom is 0.253 e. The molecule has 3 nitrogen and oxygen atoms in total. The largest absolute Gasteiger partial charge is 0.349 e. The molecule has 1 amide bonds. The van der Waals surface area contributed by atoms with Gasteiger partial charge in [0.2, 0.25) is 0 Å². The highest BCUT2D eigenvalue weighted by Crippen LogP contribution is 2.29. The highest BCUT2D eigenvalue weighted by molar-refractivity contribution is 6.29. The number of pyridine rings is 1. The Labute approximate surface area is 100 Å². The molecule has 0 spiro atoms. The number of carbonyl (C=O) groups excluding carboxylic acids is 1. The van der Waals surface area contributed by atoms with Gasteiger partial charge < -0.3 is 5.32 Å². The molecular weight excluding hydrogens is 224 g/mol. The topological polar surface area (TPSA) is 42.0 Å². The summed E-state index contributed by atoms with van der Waals surface area (Å²) in [6.07, 6.45) is 5.24. The number of hydrogen-bond acceptors (Lipinski definition) is 2. The summed E-state index contributed by atoms with van der Waals surface area (Å²) in [6.45, 7) is 2.06. The summed E-state index contributed by atoms with van der Waals surface area (Å²) in [6, 6.07) is 3.57. The average molecular weight is 239 g/mol. The van der Waals surface area contributed by atoms with E-state index in [0.29, 0.717) is 16.6 Å². The van der Waals surface area contributed by atoms with Crippen LogP contribution in [-0.2, 0) is 0 Å². The van der Waals surface area contributed by atoms with Crippen LogP contribution in [0.1, 0.15) is 36.5 Å². The van der Waals surface area contributed by atoms with Gasteiger partial charge >= 0.3 is 0 Å². The van der Waals surface area contributed by atoms with E-state index in [1.54, 1.807) is 12.1 Å². The molecule has 0 aliphatic heterocycles. The van der Waals surface area contributed by atoms with E-state index in [9.17, 15) is 4.79 Å². The Hall–Kier alpha value is -1.09. The van der Waals surface area contributed by atoms with E-state index in [1.165, 1.54) is 25.5 Å². The van der Waals surface area contributed by atoms with E-state index in [1.807, 2.05) is 0 Å². The van der Waals surface area contributed by atoms with Crippen molar-refractivity contribution in [1.82, 2.24) is 10.3 Å². The Morgan fingerprint density at radius 2 is 2.31 bits per heavy atom. The Bertz CT molecular complexity index is 373. The fourth-order valence-electron chi connectivity index (χ4n) is 1.86. The van der Waals surface area contributed by atoms with Crippen molar-refractivity contribution in [3.8, 4) is 0 Å². The molecule has 0 radical (unpaired) electrons. The van der Waals surface area contributed by atoms with Gasteiger partial charge in [-0.25, -0.2) is 4.98 Å². The Balaban J connectivity index is 1.94.